The van der Waals surface area contributed by atoms with Crippen molar-refractivity contribution in [2.75, 3.05) is 13.2 Å². The zero-order valence-electron chi connectivity index (χ0n) is 6.87. The summed E-state index contributed by atoms with van der Waals surface area (Å²) in [5, 5.41) is 22.9. The number of carbonyl (C=O) groups is 3. The molecule has 0 radical (unpaired) electrons. The summed E-state index contributed by atoms with van der Waals surface area (Å²) in [5.74, 6) is 0. The maximum Gasteiger partial charge on any atom is 0.505 e. The molecule has 0 aliphatic carbocycles. The number of amides is 1. The summed E-state index contributed by atoms with van der Waals surface area (Å²) >= 11 is 0. The highest BCUT2D eigenvalue weighted by Gasteiger charge is 1.98. The van der Waals surface area contributed by atoms with E-state index in [1.54, 1.807) is 0 Å². The van der Waals surface area contributed by atoms with E-state index in [0.717, 1.165) is 0 Å². The van der Waals surface area contributed by atoms with Gasteiger partial charge in [-0.3, -0.25) is 0 Å². The van der Waals surface area contributed by atoms with Crippen molar-refractivity contribution in [3.8, 4) is 0 Å². The minimum absolute atomic E-state index is 0.276. The maximum absolute atomic E-state index is 9.62. The van der Waals surface area contributed by atoms with Crippen molar-refractivity contribution in [3.05, 3.63) is 0 Å². The summed E-state index contributed by atoms with van der Waals surface area (Å²) in [6, 6.07) is 0. The van der Waals surface area contributed by atoms with Crippen molar-refractivity contribution < 1.29 is 39.2 Å². The predicted octanol–water partition coefficient (Wildman–Crippen LogP) is -0.00130. The molecule has 0 unspecified atom stereocenters. The van der Waals surface area contributed by atoms with Crippen molar-refractivity contribution in [2.24, 2.45) is 5.73 Å². The van der Waals surface area contributed by atoms with Gasteiger partial charge in [0.2, 0.25) is 0 Å². The smallest absolute Gasteiger partial charge is 0.465 e. The van der Waals surface area contributed by atoms with Crippen LogP contribution in [0, 0.1) is 0 Å². The molecular weight excluding hydrogens is 202 g/mol. The van der Waals surface area contributed by atoms with Crippen LogP contribution < -0.4 is 5.73 Å². The number of ether oxygens (including phenoxy) is 2. The van der Waals surface area contributed by atoms with E-state index in [9.17, 15) is 9.59 Å². The molecule has 0 aromatic carbocycles. The maximum atomic E-state index is 9.62. The summed E-state index contributed by atoms with van der Waals surface area (Å²) in [6.07, 6.45) is -4.23. The van der Waals surface area contributed by atoms with Crippen LogP contribution in [-0.2, 0) is 9.47 Å². The molecule has 9 heteroatoms. The van der Waals surface area contributed by atoms with E-state index < -0.39 is 18.4 Å². The van der Waals surface area contributed by atoms with E-state index in [4.69, 9.17) is 20.1 Å². The monoisotopic (exact) mass is 211 g/mol. The van der Waals surface area contributed by atoms with Gasteiger partial charge in [-0.15, -0.1) is 0 Å². The van der Waals surface area contributed by atoms with Crippen LogP contribution in [-0.4, -0.2) is 46.9 Å². The van der Waals surface area contributed by atoms with E-state index >= 15 is 0 Å². The van der Waals surface area contributed by atoms with Gasteiger partial charge in [-0.25, -0.2) is 14.4 Å². The fraction of sp³-hybridized carbons (Fsp3) is 0.400. The average molecular weight is 211 g/mol. The lowest BCUT2D eigenvalue weighted by molar-refractivity contribution is 0.0472. The quantitative estimate of drug-likeness (QED) is 0.375. The van der Waals surface area contributed by atoms with Gasteiger partial charge in [-0.1, -0.05) is 0 Å². The first-order valence-electron chi connectivity index (χ1n) is 3.06. The Morgan fingerprint density at radius 2 is 1.14 bits per heavy atom. The number of hydrogen-bond donors (Lipinski definition) is 4. The molecule has 82 valence electrons. The second-order valence-electron chi connectivity index (χ2n) is 1.57. The van der Waals surface area contributed by atoms with Gasteiger partial charge in [-0.05, 0) is 0 Å². The first-order valence-corrected chi connectivity index (χ1v) is 3.06. The molecular formula is C5H9NO8. The zero-order chi connectivity index (χ0) is 11.6. The lowest BCUT2D eigenvalue weighted by atomic mass is 10.8. The molecule has 0 atom stereocenters. The Morgan fingerprint density at radius 1 is 0.929 bits per heavy atom. The molecule has 0 fully saturated rings. The highest BCUT2D eigenvalue weighted by Crippen LogP contribution is 1.79. The minimum atomic E-state index is -1.45. The van der Waals surface area contributed by atoms with Crippen LogP contribution in [0.4, 0.5) is 14.4 Å². The van der Waals surface area contributed by atoms with Gasteiger partial charge < -0.3 is 30.5 Å². The third-order valence-corrected chi connectivity index (χ3v) is 0.534. The molecule has 1 amide bonds. The van der Waals surface area contributed by atoms with Crippen LogP contribution in [0.1, 0.15) is 0 Å². The molecule has 0 aliphatic rings. The van der Waals surface area contributed by atoms with Crippen LogP contribution in [0.2, 0.25) is 0 Å². The molecule has 0 rings (SSSR count). The van der Waals surface area contributed by atoms with Gasteiger partial charge in [0.25, 0.3) is 0 Å². The van der Waals surface area contributed by atoms with Crippen molar-refractivity contribution in [3.63, 3.8) is 0 Å². The lowest BCUT2D eigenvalue weighted by Gasteiger charge is -1.98. The Hall–Kier alpha value is -2.19. The molecule has 0 spiro atoms. The topological polar surface area (TPSA) is 156 Å². The Morgan fingerprint density at radius 3 is 1.29 bits per heavy atom. The van der Waals surface area contributed by atoms with E-state index in [1.165, 1.54) is 0 Å². The summed E-state index contributed by atoms with van der Waals surface area (Å²) in [4.78, 5) is 28.0. The van der Waals surface area contributed by atoms with Crippen LogP contribution in [0.25, 0.3) is 0 Å². The predicted molar refractivity (Wildman–Crippen MR) is 40.2 cm³/mol. The Balaban J connectivity index is 0. The van der Waals surface area contributed by atoms with Crippen LogP contribution in [0.15, 0.2) is 0 Å². The van der Waals surface area contributed by atoms with Gasteiger partial charge in [0.05, 0.1) is 0 Å². The third-order valence-electron chi connectivity index (χ3n) is 0.534. The van der Waals surface area contributed by atoms with Crippen molar-refractivity contribution in [1.29, 1.82) is 0 Å². The van der Waals surface area contributed by atoms with Crippen LogP contribution in [0.3, 0.4) is 0 Å². The number of primary amides is 1. The Labute approximate surface area is 77.6 Å². The van der Waals surface area contributed by atoms with Crippen LogP contribution >= 0.6 is 0 Å². The summed E-state index contributed by atoms with van der Waals surface area (Å²) in [7, 11) is 0. The fourth-order valence-electron chi connectivity index (χ4n) is 0.258. The second kappa shape index (κ2) is 8.90. The standard InChI is InChI=1S/C4H6O6.CH3NO2/c5-3(6)9-1-2-10-4(7)8;2-1(3)4/h1-2H2,(H,5,6)(H,7,8);2H2,(H,3,4). The largest absolute Gasteiger partial charge is 0.505 e. The number of carboxylic acid groups (broad SMARTS) is 3. The highest BCUT2D eigenvalue weighted by atomic mass is 16.7. The molecule has 0 aromatic heterocycles. The number of nitrogens with two attached hydrogens (primary N) is 1. The molecule has 0 aromatic rings. The molecule has 0 saturated heterocycles. The van der Waals surface area contributed by atoms with E-state index in [-0.39, 0.29) is 13.2 Å². The first kappa shape index (κ1) is 14.3. The van der Waals surface area contributed by atoms with Gasteiger partial charge in [0.1, 0.15) is 13.2 Å². The van der Waals surface area contributed by atoms with Crippen molar-refractivity contribution >= 4 is 18.4 Å². The molecule has 0 saturated carbocycles. The summed E-state index contributed by atoms with van der Waals surface area (Å²) in [5.41, 5.74) is 4.03. The lowest BCUT2D eigenvalue weighted by Crippen LogP contribution is -2.10. The van der Waals surface area contributed by atoms with Crippen molar-refractivity contribution in [2.45, 2.75) is 0 Å². The Kier molecular flexibility index (Phi) is 9.12. The normalized spacial score (nSPS) is 7.71. The minimum Gasteiger partial charge on any atom is -0.465 e. The van der Waals surface area contributed by atoms with Crippen molar-refractivity contribution in [1.82, 2.24) is 0 Å². The Bertz CT molecular complexity index is 182. The summed E-state index contributed by atoms with van der Waals surface area (Å²) in [6.45, 7) is -0.552. The molecule has 14 heavy (non-hydrogen) atoms. The second-order valence-corrected chi connectivity index (χ2v) is 1.57. The molecule has 0 heterocycles. The van der Waals surface area contributed by atoms with E-state index in [0.29, 0.717) is 0 Å². The SMILES string of the molecule is NC(=O)O.O=C(O)OCCOC(=O)O. The van der Waals surface area contributed by atoms with E-state index in [2.05, 4.69) is 15.2 Å². The molecule has 9 nitrogen and oxygen atoms in total. The zero-order valence-corrected chi connectivity index (χ0v) is 6.87. The summed E-state index contributed by atoms with van der Waals surface area (Å²) < 4.78 is 7.84. The average Bonchev–Trinajstić information content (AvgIpc) is 1.96. The van der Waals surface area contributed by atoms with Gasteiger partial charge in [-0.2, -0.15) is 0 Å². The number of hydrogen-bond acceptors (Lipinski definition) is 5. The number of rotatable bonds is 3. The van der Waals surface area contributed by atoms with Gasteiger partial charge in [0, 0.05) is 0 Å². The fourth-order valence-corrected chi connectivity index (χ4v) is 0.258. The molecule has 0 bridgehead atoms. The first-order chi connectivity index (χ1) is 6.36. The van der Waals surface area contributed by atoms with Crippen LogP contribution in [0.5, 0.6) is 0 Å². The van der Waals surface area contributed by atoms with Gasteiger partial charge >= 0.3 is 18.4 Å². The molecule has 5 N–H and O–H groups in total. The highest BCUT2D eigenvalue weighted by molar-refractivity contribution is 5.61. The molecule has 0 aliphatic heterocycles. The van der Waals surface area contributed by atoms with Gasteiger partial charge in [0.15, 0.2) is 0 Å². The van der Waals surface area contributed by atoms with E-state index in [1.807, 2.05) is 0 Å². The third kappa shape index (κ3) is 32.9.